The van der Waals surface area contributed by atoms with Gasteiger partial charge in [0.1, 0.15) is 42.7 Å². The summed E-state index contributed by atoms with van der Waals surface area (Å²) in [6, 6.07) is 0. The minimum absolute atomic E-state index is 0.0914. The summed E-state index contributed by atoms with van der Waals surface area (Å²) in [6.45, 7) is 4.13. The van der Waals surface area contributed by atoms with E-state index in [-0.39, 0.29) is 13.0 Å². The summed E-state index contributed by atoms with van der Waals surface area (Å²) in [5.41, 5.74) is 0. The Bertz CT molecular complexity index is 1430. The molecule has 1 saturated carbocycles. The fourth-order valence-electron chi connectivity index (χ4n) is 8.24. The summed E-state index contributed by atoms with van der Waals surface area (Å²) < 4.78 is 34.4. The van der Waals surface area contributed by atoms with Crippen LogP contribution in [0.3, 0.4) is 0 Å². The topological polar surface area (TPSA) is 192 Å². The molecule has 0 bridgehead atoms. The van der Waals surface area contributed by atoms with Crippen LogP contribution in [0.2, 0.25) is 0 Å². The van der Waals surface area contributed by atoms with Gasteiger partial charge in [0, 0.05) is 13.0 Å². The van der Waals surface area contributed by atoms with Gasteiger partial charge in [-0.3, -0.25) is 13.8 Å². The summed E-state index contributed by atoms with van der Waals surface area (Å²) in [5, 5.41) is 50.4. The summed E-state index contributed by atoms with van der Waals surface area (Å²) >= 11 is 0. The number of allylic oxidation sites excluding steroid dienone is 12. The van der Waals surface area contributed by atoms with E-state index in [2.05, 4.69) is 86.8 Å². The Morgan fingerprint density at radius 2 is 0.843 bits per heavy atom. The van der Waals surface area contributed by atoms with Crippen LogP contribution < -0.4 is 0 Å². The van der Waals surface area contributed by atoms with E-state index in [4.69, 9.17) is 18.5 Å². The highest BCUT2D eigenvalue weighted by atomic mass is 31.2. The third-order valence-corrected chi connectivity index (χ3v) is 13.6. The maximum atomic E-state index is 12.9. The second kappa shape index (κ2) is 46.6. The molecule has 0 radical (unpaired) electrons. The third kappa shape index (κ3) is 37.5. The number of unbranched alkanes of at least 4 members (excludes halogenated alkanes) is 23. The number of hydrogen-bond donors (Lipinski definition) is 6. The average Bonchev–Trinajstić information content (AvgIpc) is 3.35. The lowest BCUT2D eigenvalue weighted by Gasteiger charge is -2.41. The largest absolute Gasteiger partial charge is 0.472 e. The first kappa shape index (κ1) is 65.8. The van der Waals surface area contributed by atoms with E-state index in [0.717, 1.165) is 96.3 Å². The van der Waals surface area contributed by atoms with Gasteiger partial charge in [-0.05, 0) is 64.2 Å². The Hall–Kier alpha value is -2.22. The van der Waals surface area contributed by atoms with E-state index in [1.807, 2.05) is 0 Å². The Kier molecular flexibility index (Phi) is 43.8. The predicted molar refractivity (Wildman–Crippen MR) is 285 cm³/mol. The van der Waals surface area contributed by atoms with Crippen molar-refractivity contribution in [3.63, 3.8) is 0 Å². The van der Waals surface area contributed by atoms with Crippen molar-refractivity contribution in [1.29, 1.82) is 0 Å². The molecule has 0 amide bonds. The smallest absolute Gasteiger partial charge is 0.457 e. The maximum absolute atomic E-state index is 12.9. The molecular weight excluding hydrogens is 908 g/mol. The second-order valence-corrected chi connectivity index (χ2v) is 20.5. The van der Waals surface area contributed by atoms with Crippen molar-refractivity contribution < 1.29 is 58.3 Å². The zero-order chi connectivity index (χ0) is 51.2. The first-order valence-electron chi connectivity index (χ1n) is 27.8. The number of phosphoric ester groups is 1. The van der Waals surface area contributed by atoms with Gasteiger partial charge in [0.2, 0.25) is 0 Å². The summed E-state index contributed by atoms with van der Waals surface area (Å²) in [7, 11) is -5.03. The van der Waals surface area contributed by atoms with Crippen molar-refractivity contribution in [2.45, 2.75) is 262 Å². The number of aliphatic hydroxyl groups is 5. The van der Waals surface area contributed by atoms with Crippen molar-refractivity contribution >= 4 is 13.8 Å². The lowest BCUT2D eigenvalue weighted by Crippen LogP contribution is -2.64. The molecule has 1 fully saturated rings. The average molecular weight is 1010 g/mol. The Labute approximate surface area is 425 Å². The quantitative estimate of drug-likeness (QED) is 0.0147. The van der Waals surface area contributed by atoms with E-state index in [9.17, 15) is 39.8 Å². The normalized spacial score (nSPS) is 21.4. The van der Waals surface area contributed by atoms with Crippen LogP contribution in [0, 0.1) is 0 Å². The van der Waals surface area contributed by atoms with E-state index in [1.54, 1.807) is 0 Å². The monoisotopic (exact) mass is 1010 g/mol. The molecule has 6 N–H and O–H groups in total. The number of carbonyl (C=O) groups is 1. The van der Waals surface area contributed by atoms with E-state index < -0.39 is 63.1 Å². The highest BCUT2D eigenvalue weighted by Crippen LogP contribution is 2.47. The van der Waals surface area contributed by atoms with Crippen LogP contribution in [-0.2, 0) is 27.9 Å². The van der Waals surface area contributed by atoms with Crippen molar-refractivity contribution in [2.75, 3.05) is 19.8 Å². The highest BCUT2D eigenvalue weighted by molar-refractivity contribution is 7.47. The molecule has 1 aliphatic carbocycles. The molecule has 12 nitrogen and oxygen atoms in total. The number of phosphoric acid groups is 1. The van der Waals surface area contributed by atoms with E-state index in [0.29, 0.717) is 13.0 Å². The molecule has 0 heterocycles. The molecule has 1 rings (SSSR count). The fourth-order valence-corrected chi connectivity index (χ4v) is 9.22. The Morgan fingerprint density at radius 1 is 0.471 bits per heavy atom. The fraction of sp³-hybridized carbons (Fsp3) is 0.772. The second-order valence-electron chi connectivity index (χ2n) is 19.1. The zero-order valence-electron chi connectivity index (χ0n) is 43.8. The van der Waals surface area contributed by atoms with Crippen molar-refractivity contribution in [3.8, 4) is 0 Å². The van der Waals surface area contributed by atoms with Crippen LogP contribution in [0.25, 0.3) is 0 Å². The summed E-state index contributed by atoms with van der Waals surface area (Å²) in [5.74, 6) is -0.483. The van der Waals surface area contributed by atoms with Gasteiger partial charge in [0.15, 0.2) is 0 Å². The van der Waals surface area contributed by atoms with Crippen molar-refractivity contribution in [1.82, 2.24) is 0 Å². The molecule has 0 aliphatic heterocycles. The molecule has 0 aromatic rings. The Morgan fingerprint density at radius 3 is 1.29 bits per heavy atom. The third-order valence-electron chi connectivity index (χ3n) is 12.6. The van der Waals surface area contributed by atoms with Gasteiger partial charge >= 0.3 is 13.8 Å². The van der Waals surface area contributed by atoms with Crippen LogP contribution in [0.4, 0.5) is 0 Å². The molecule has 6 atom stereocenters. The number of ether oxygens (including phenoxy) is 2. The highest BCUT2D eigenvalue weighted by Gasteiger charge is 2.51. The summed E-state index contributed by atoms with van der Waals surface area (Å²) in [6.07, 6.45) is 49.6. The van der Waals surface area contributed by atoms with Crippen LogP contribution in [-0.4, -0.2) is 98.9 Å². The maximum Gasteiger partial charge on any atom is 0.472 e. The molecule has 0 aromatic carbocycles. The van der Waals surface area contributed by atoms with Gasteiger partial charge in [-0.25, -0.2) is 4.57 Å². The predicted octanol–water partition coefficient (Wildman–Crippen LogP) is 13.1. The van der Waals surface area contributed by atoms with Gasteiger partial charge in [0.25, 0.3) is 0 Å². The number of hydrogen-bond acceptors (Lipinski definition) is 11. The first-order valence-corrected chi connectivity index (χ1v) is 29.3. The summed E-state index contributed by atoms with van der Waals surface area (Å²) in [4.78, 5) is 23.3. The van der Waals surface area contributed by atoms with Crippen LogP contribution in [0.15, 0.2) is 72.9 Å². The van der Waals surface area contributed by atoms with E-state index >= 15 is 0 Å². The van der Waals surface area contributed by atoms with Crippen LogP contribution >= 0.6 is 7.82 Å². The van der Waals surface area contributed by atoms with Crippen molar-refractivity contribution in [3.05, 3.63) is 72.9 Å². The molecule has 6 unspecified atom stereocenters. The Balaban J connectivity index is 2.33. The molecule has 1 aliphatic rings. The number of rotatable bonds is 47. The molecule has 0 aromatic heterocycles. The van der Waals surface area contributed by atoms with Gasteiger partial charge in [-0.1, -0.05) is 222 Å². The van der Waals surface area contributed by atoms with Crippen molar-refractivity contribution in [2.24, 2.45) is 0 Å². The van der Waals surface area contributed by atoms with E-state index in [1.165, 1.54) is 96.3 Å². The number of esters is 1. The molecule has 0 spiro atoms. The van der Waals surface area contributed by atoms with Crippen LogP contribution in [0.5, 0.6) is 0 Å². The van der Waals surface area contributed by atoms with Gasteiger partial charge in [-0.2, -0.15) is 0 Å². The minimum atomic E-state index is -5.03. The van der Waals surface area contributed by atoms with Gasteiger partial charge in [0.05, 0.1) is 13.2 Å². The SMILES string of the molecule is CC/C=C\C/C=C\C/C=C\C/C=C\C/C=C\C/C=C\CCCCCCCOCC(COP(=O)(O)OC1C(O)C(O)C(O)C(O)C1O)OC(=O)CCCCCCCCCCCCCCCCCCCCC. The number of aliphatic hydroxyl groups excluding tert-OH is 5. The standard InChI is InChI=1S/C57H101O12P/c1-3-5-7-9-11-13-15-17-19-21-23-24-25-26-27-29-31-33-35-37-39-41-43-45-47-66-48-50(49-67-70(64,65)69-57-55(62)53(60)52(59)54(61)56(57)63)68-51(58)46-44-42-40-38-36-34-32-30-28-22-20-18-16-14-12-10-8-6-4-2/h5,7,11,13,17,19,23-24,26-27,31,33,50,52-57,59-63H,3-4,6,8-10,12,14-16,18,20-22,25,28-30,32,34-49H2,1-2H3,(H,64,65)/b7-5-,13-11-,19-17-,24-23-,27-26-,33-31-. The molecule has 70 heavy (non-hydrogen) atoms. The first-order chi connectivity index (χ1) is 34.0. The molecule has 0 saturated heterocycles. The van der Waals surface area contributed by atoms with Crippen LogP contribution in [0.1, 0.15) is 219 Å². The van der Waals surface area contributed by atoms with Gasteiger partial charge in [-0.15, -0.1) is 0 Å². The lowest BCUT2D eigenvalue weighted by molar-refractivity contribution is -0.220. The molecule has 13 heteroatoms. The lowest BCUT2D eigenvalue weighted by atomic mass is 9.85. The molecular formula is C57H101O12P. The van der Waals surface area contributed by atoms with Gasteiger partial charge < -0.3 is 39.9 Å². The minimum Gasteiger partial charge on any atom is -0.457 e. The zero-order valence-corrected chi connectivity index (χ0v) is 44.7. The number of carbonyl (C=O) groups excluding carboxylic acids is 1. The molecule has 406 valence electrons.